The summed E-state index contributed by atoms with van der Waals surface area (Å²) >= 11 is 0. The van der Waals surface area contributed by atoms with E-state index >= 15 is 0 Å². The van der Waals surface area contributed by atoms with Gasteiger partial charge in [-0.15, -0.1) is 0 Å². The normalized spacial score (nSPS) is 20.8. The second-order valence-corrected chi connectivity index (χ2v) is 7.96. The second-order valence-electron chi connectivity index (χ2n) is 5.22. The Morgan fingerprint density at radius 3 is 2.74 bits per heavy atom. The van der Waals surface area contributed by atoms with Gasteiger partial charge in [-0.3, -0.25) is 4.79 Å². The molecule has 0 bridgehead atoms. The van der Waals surface area contributed by atoms with Crippen molar-refractivity contribution in [3.05, 3.63) is 23.5 Å². The average molecular weight is 281 g/mol. The Hall–Kier alpha value is -1.81. The molecule has 0 saturated carbocycles. The fraction of sp³-hybridized carbons (Fsp3) is 0.500. The number of hydrogen-bond acceptors (Lipinski definition) is 4. The summed E-state index contributed by atoms with van der Waals surface area (Å²) in [5, 5.41) is 8.72. The van der Waals surface area contributed by atoms with Gasteiger partial charge in [0.1, 0.15) is 11.8 Å². The van der Waals surface area contributed by atoms with Crippen LogP contribution >= 0.6 is 0 Å². The maximum atomic E-state index is 12.2. The lowest BCUT2D eigenvalue weighted by atomic mass is 10.1. The van der Waals surface area contributed by atoms with Gasteiger partial charge in [0.2, 0.25) is 0 Å². The van der Waals surface area contributed by atoms with E-state index in [0.29, 0.717) is 11.3 Å². The predicted octanol–water partition coefficient (Wildman–Crippen LogP) is 0.536. The Bertz CT molecular complexity index is 652. The van der Waals surface area contributed by atoms with Crippen LogP contribution < -0.4 is 0 Å². The van der Waals surface area contributed by atoms with E-state index in [2.05, 4.69) is 4.98 Å². The molecule has 1 amide bonds. The summed E-state index contributed by atoms with van der Waals surface area (Å²) < 4.78 is 22.8. The number of aromatic amines is 1. The van der Waals surface area contributed by atoms with Gasteiger partial charge in [-0.05, 0) is 19.9 Å². The van der Waals surface area contributed by atoms with Crippen LogP contribution in [0.3, 0.4) is 0 Å². The lowest BCUT2D eigenvalue weighted by Crippen LogP contribution is -2.54. The monoisotopic (exact) mass is 281 g/mol. The molecule has 0 aromatic carbocycles. The lowest BCUT2D eigenvalue weighted by Gasteiger charge is -2.37. The standard InChI is InChI=1S/C12H15N3O3S/c1-12(2)8-15(3-4-19(12,17)18)11(16)10-5-9(6-13)7-14-10/h5,7,14H,3-4,8H2,1-2H3. The van der Waals surface area contributed by atoms with Crippen molar-refractivity contribution in [1.29, 1.82) is 5.26 Å². The molecule has 1 N–H and O–H groups in total. The van der Waals surface area contributed by atoms with Crippen molar-refractivity contribution in [1.82, 2.24) is 9.88 Å². The summed E-state index contributed by atoms with van der Waals surface area (Å²) in [6, 6.07) is 3.41. The molecule has 0 atom stereocenters. The molecular weight excluding hydrogens is 266 g/mol. The number of sulfone groups is 1. The third-order valence-corrected chi connectivity index (χ3v) is 5.91. The third-order valence-electron chi connectivity index (χ3n) is 3.37. The van der Waals surface area contributed by atoms with Crippen molar-refractivity contribution in [2.75, 3.05) is 18.8 Å². The van der Waals surface area contributed by atoms with Crippen LogP contribution in [0, 0.1) is 11.3 Å². The molecule has 1 aromatic rings. The highest BCUT2D eigenvalue weighted by atomic mass is 32.2. The fourth-order valence-corrected chi connectivity index (χ4v) is 3.44. The number of aromatic nitrogens is 1. The number of rotatable bonds is 1. The highest BCUT2D eigenvalue weighted by molar-refractivity contribution is 7.92. The number of nitrogens with zero attached hydrogens (tertiary/aromatic N) is 2. The summed E-state index contributed by atoms with van der Waals surface area (Å²) in [6.45, 7) is 3.59. The first-order chi connectivity index (χ1) is 8.77. The van der Waals surface area contributed by atoms with E-state index < -0.39 is 14.6 Å². The van der Waals surface area contributed by atoms with Crippen LogP contribution in [0.2, 0.25) is 0 Å². The lowest BCUT2D eigenvalue weighted by molar-refractivity contribution is 0.0738. The Kier molecular flexibility index (Phi) is 3.14. The number of nitrogens with one attached hydrogen (secondary N) is 1. The van der Waals surface area contributed by atoms with Gasteiger partial charge in [0.25, 0.3) is 5.91 Å². The van der Waals surface area contributed by atoms with Crippen LogP contribution in [-0.4, -0.2) is 47.8 Å². The van der Waals surface area contributed by atoms with Gasteiger partial charge in [0.15, 0.2) is 9.84 Å². The first kappa shape index (κ1) is 13.6. The van der Waals surface area contributed by atoms with Crippen LogP contribution in [0.1, 0.15) is 29.9 Å². The number of carbonyl (C=O) groups is 1. The molecule has 0 unspecified atom stereocenters. The molecule has 2 heterocycles. The molecule has 0 spiro atoms. The smallest absolute Gasteiger partial charge is 0.270 e. The maximum absolute atomic E-state index is 12.2. The summed E-state index contributed by atoms with van der Waals surface area (Å²) in [4.78, 5) is 16.5. The molecule has 6 nitrogen and oxygen atoms in total. The van der Waals surface area contributed by atoms with Gasteiger partial charge in [-0.25, -0.2) is 8.42 Å². The Morgan fingerprint density at radius 1 is 1.53 bits per heavy atom. The van der Waals surface area contributed by atoms with Gasteiger partial charge < -0.3 is 9.88 Å². The molecule has 2 rings (SSSR count). The number of amides is 1. The van der Waals surface area contributed by atoms with Crippen molar-refractivity contribution in [2.24, 2.45) is 0 Å². The molecule has 1 fully saturated rings. The molecule has 7 heteroatoms. The van der Waals surface area contributed by atoms with Gasteiger partial charge >= 0.3 is 0 Å². The summed E-state index contributed by atoms with van der Waals surface area (Å²) in [6.07, 6.45) is 1.46. The molecule has 1 aromatic heterocycles. The molecule has 19 heavy (non-hydrogen) atoms. The molecule has 1 aliphatic heterocycles. The van der Waals surface area contributed by atoms with E-state index in [-0.39, 0.29) is 24.7 Å². The minimum atomic E-state index is -3.17. The average Bonchev–Trinajstić information content (AvgIpc) is 2.80. The molecule has 102 valence electrons. The molecular formula is C12H15N3O3S. The van der Waals surface area contributed by atoms with E-state index in [0.717, 1.165) is 0 Å². The largest absolute Gasteiger partial charge is 0.356 e. The first-order valence-electron chi connectivity index (χ1n) is 5.87. The molecule has 1 saturated heterocycles. The number of hydrogen-bond donors (Lipinski definition) is 1. The second kappa shape index (κ2) is 4.38. The Labute approximate surface area is 111 Å². The van der Waals surface area contributed by atoms with Crippen molar-refractivity contribution in [3.63, 3.8) is 0 Å². The van der Waals surface area contributed by atoms with Gasteiger partial charge in [-0.2, -0.15) is 5.26 Å². The Balaban J connectivity index is 2.21. The first-order valence-corrected chi connectivity index (χ1v) is 7.52. The van der Waals surface area contributed by atoms with Crippen LogP contribution in [0.25, 0.3) is 0 Å². The number of nitriles is 1. The third kappa shape index (κ3) is 2.36. The van der Waals surface area contributed by atoms with Gasteiger partial charge in [0.05, 0.1) is 16.1 Å². The number of carbonyl (C=O) groups excluding carboxylic acids is 1. The van der Waals surface area contributed by atoms with Crippen molar-refractivity contribution in [3.8, 4) is 6.07 Å². The highest BCUT2D eigenvalue weighted by Gasteiger charge is 2.41. The summed E-state index contributed by atoms with van der Waals surface area (Å²) in [5.41, 5.74) is 0.693. The van der Waals surface area contributed by atoms with Gasteiger partial charge in [-0.1, -0.05) is 0 Å². The van der Waals surface area contributed by atoms with Crippen LogP contribution in [0.15, 0.2) is 12.3 Å². The van der Waals surface area contributed by atoms with E-state index in [1.165, 1.54) is 17.2 Å². The summed E-state index contributed by atoms with van der Waals surface area (Å²) in [7, 11) is -3.17. The summed E-state index contributed by atoms with van der Waals surface area (Å²) in [5.74, 6) is -0.304. The number of H-pyrrole nitrogens is 1. The van der Waals surface area contributed by atoms with Gasteiger partial charge in [0, 0.05) is 19.3 Å². The minimum Gasteiger partial charge on any atom is -0.356 e. The van der Waals surface area contributed by atoms with E-state index in [1.807, 2.05) is 6.07 Å². The molecule has 0 aliphatic carbocycles. The van der Waals surface area contributed by atoms with Crippen molar-refractivity contribution < 1.29 is 13.2 Å². The zero-order chi connectivity index (χ0) is 14.3. The molecule has 1 aliphatic rings. The van der Waals surface area contributed by atoms with E-state index in [4.69, 9.17) is 5.26 Å². The minimum absolute atomic E-state index is 0.0302. The van der Waals surface area contributed by atoms with Crippen LogP contribution in [-0.2, 0) is 9.84 Å². The SMILES string of the molecule is CC1(C)CN(C(=O)c2cc(C#N)c[nH]2)CCS1(=O)=O. The fourth-order valence-electron chi connectivity index (χ4n) is 2.07. The van der Waals surface area contributed by atoms with E-state index in [9.17, 15) is 13.2 Å². The predicted molar refractivity (Wildman–Crippen MR) is 69.3 cm³/mol. The van der Waals surface area contributed by atoms with Crippen LogP contribution in [0.5, 0.6) is 0 Å². The van der Waals surface area contributed by atoms with Crippen molar-refractivity contribution in [2.45, 2.75) is 18.6 Å². The molecule has 0 radical (unpaired) electrons. The maximum Gasteiger partial charge on any atom is 0.270 e. The van der Waals surface area contributed by atoms with Crippen molar-refractivity contribution >= 4 is 15.7 Å². The zero-order valence-corrected chi connectivity index (χ0v) is 11.6. The quantitative estimate of drug-likeness (QED) is 0.812. The topological polar surface area (TPSA) is 94.0 Å². The van der Waals surface area contributed by atoms with Crippen LogP contribution in [0.4, 0.5) is 0 Å². The van der Waals surface area contributed by atoms with E-state index in [1.54, 1.807) is 13.8 Å². The zero-order valence-electron chi connectivity index (χ0n) is 10.8. The highest BCUT2D eigenvalue weighted by Crippen LogP contribution is 2.24. The Morgan fingerprint density at radius 2 is 2.21 bits per heavy atom.